The summed E-state index contributed by atoms with van der Waals surface area (Å²) in [6.07, 6.45) is 4.18. The molecule has 2 heterocycles. The van der Waals surface area contributed by atoms with E-state index in [4.69, 9.17) is 5.73 Å². The molecular formula is C15H18N4O2. The van der Waals surface area contributed by atoms with Crippen LogP contribution in [0.15, 0.2) is 16.9 Å². The van der Waals surface area contributed by atoms with Crippen LogP contribution in [-0.4, -0.2) is 25.7 Å². The topological polar surface area (TPSA) is 94.0 Å². The van der Waals surface area contributed by atoms with Crippen LogP contribution in [0.1, 0.15) is 49.8 Å². The van der Waals surface area contributed by atoms with Crippen molar-refractivity contribution in [2.75, 3.05) is 5.73 Å². The summed E-state index contributed by atoms with van der Waals surface area (Å²) in [7, 11) is 0. The van der Waals surface area contributed by atoms with E-state index in [1.54, 1.807) is 4.57 Å². The lowest BCUT2D eigenvalue weighted by molar-refractivity contribution is 0.136. The van der Waals surface area contributed by atoms with Crippen molar-refractivity contribution in [1.82, 2.24) is 14.5 Å². The average Bonchev–Trinajstić information content (AvgIpc) is 3.23. The quantitative estimate of drug-likeness (QED) is 0.868. The van der Waals surface area contributed by atoms with Crippen LogP contribution in [0.2, 0.25) is 0 Å². The molecule has 4 rings (SSSR count). The number of aliphatic hydroxyl groups is 1. The maximum atomic E-state index is 12.3. The molecule has 2 atom stereocenters. The number of fused-ring (bicyclic) bond motifs is 1. The van der Waals surface area contributed by atoms with Gasteiger partial charge in [0.1, 0.15) is 11.5 Å². The fraction of sp³-hybridized carbons (Fsp3) is 0.533. The Morgan fingerprint density at radius 3 is 2.67 bits per heavy atom. The van der Waals surface area contributed by atoms with E-state index >= 15 is 0 Å². The van der Waals surface area contributed by atoms with Crippen LogP contribution in [-0.2, 0) is 0 Å². The molecule has 2 aliphatic carbocycles. The highest BCUT2D eigenvalue weighted by molar-refractivity contribution is 5.85. The SMILES string of the molecule is Nc1nc(=O)n(C2CCCC2O)c2nc(C3CC3)ccc12. The fourth-order valence-electron chi connectivity index (χ4n) is 3.28. The molecule has 21 heavy (non-hydrogen) atoms. The molecule has 110 valence electrons. The Balaban J connectivity index is 1.98. The van der Waals surface area contributed by atoms with E-state index in [2.05, 4.69) is 9.97 Å². The first-order valence-electron chi connectivity index (χ1n) is 7.52. The predicted octanol–water partition coefficient (Wildman–Crippen LogP) is 1.34. The minimum absolute atomic E-state index is 0.216. The minimum Gasteiger partial charge on any atom is -0.391 e. The largest absolute Gasteiger partial charge is 0.391 e. The van der Waals surface area contributed by atoms with Gasteiger partial charge in [-0.25, -0.2) is 9.78 Å². The Labute approximate surface area is 121 Å². The van der Waals surface area contributed by atoms with E-state index < -0.39 is 11.8 Å². The summed E-state index contributed by atoms with van der Waals surface area (Å²) in [6, 6.07) is 3.63. The first kappa shape index (κ1) is 12.8. The summed E-state index contributed by atoms with van der Waals surface area (Å²) >= 11 is 0. The third kappa shape index (κ3) is 2.01. The van der Waals surface area contributed by atoms with Gasteiger partial charge in [-0.3, -0.25) is 4.57 Å². The lowest BCUT2D eigenvalue weighted by Gasteiger charge is -2.19. The molecule has 2 aromatic heterocycles. The summed E-state index contributed by atoms with van der Waals surface area (Å²) in [4.78, 5) is 20.9. The van der Waals surface area contributed by atoms with Crippen LogP contribution in [0.25, 0.3) is 11.0 Å². The van der Waals surface area contributed by atoms with E-state index in [0.29, 0.717) is 23.4 Å². The van der Waals surface area contributed by atoms with Crippen molar-refractivity contribution in [1.29, 1.82) is 0 Å². The summed E-state index contributed by atoms with van der Waals surface area (Å²) in [5.74, 6) is 0.717. The maximum Gasteiger partial charge on any atom is 0.351 e. The number of nitrogens with zero attached hydrogens (tertiary/aromatic N) is 3. The molecule has 0 bridgehead atoms. The smallest absolute Gasteiger partial charge is 0.351 e. The van der Waals surface area contributed by atoms with Gasteiger partial charge in [0.15, 0.2) is 0 Å². The molecule has 2 aliphatic rings. The highest BCUT2D eigenvalue weighted by Crippen LogP contribution is 2.40. The molecule has 0 saturated heterocycles. The monoisotopic (exact) mass is 286 g/mol. The molecule has 0 aromatic carbocycles. The summed E-state index contributed by atoms with van der Waals surface area (Å²) in [5.41, 5.74) is 7.04. The van der Waals surface area contributed by atoms with Crippen LogP contribution < -0.4 is 11.4 Å². The number of nitrogen functional groups attached to an aromatic ring is 1. The normalized spacial score (nSPS) is 25.6. The van der Waals surface area contributed by atoms with Crippen molar-refractivity contribution in [3.05, 3.63) is 28.3 Å². The van der Waals surface area contributed by atoms with Gasteiger partial charge in [-0.05, 0) is 44.2 Å². The van der Waals surface area contributed by atoms with Crippen molar-refractivity contribution >= 4 is 16.9 Å². The molecular weight excluding hydrogens is 268 g/mol. The number of aromatic nitrogens is 3. The molecule has 3 N–H and O–H groups in total. The molecule has 2 fully saturated rings. The molecule has 0 amide bonds. The van der Waals surface area contributed by atoms with Gasteiger partial charge < -0.3 is 10.8 Å². The van der Waals surface area contributed by atoms with Crippen LogP contribution in [0, 0.1) is 0 Å². The fourth-order valence-corrected chi connectivity index (χ4v) is 3.28. The van der Waals surface area contributed by atoms with E-state index in [1.165, 1.54) is 0 Å². The van der Waals surface area contributed by atoms with Gasteiger partial charge in [0.05, 0.1) is 17.5 Å². The average molecular weight is 286 g/mol. The highest BCUT2D eigenvalue weighted by Gasteiger charge is 2.31. The van der Waals surface area contributed by atoms with Gasteiger partial charge in [0, 0.05) is 11.6 Å². The number of anilines is 1. The lowest BCUT2D eigenvalue weighted by Crippen LogP contribution is -2.32. The minimum atomic E-state index is -0.511. The summed E-state index contributed by atoms with van der Waals surface area (Å²) < 4.78 is 1.55. The van der Waals surface area contributed by atoms with Crippen LogP contribution in [0.3, 0.4) is 0 Å². The van der Waals surface area contributed by atoms with Crippen molar-refractivity contribution in [3.8, 4) is 0 Å². The van der Waals surface area contributed by atoms with E-state index in [1.807, 2.05) is 12.1 Å². The zero-order valence-electron chi connectivity index (χ0n) is 11.7. The number of rotatable bonds is 2. The Kier molecular flexibility index (Phi) is 2.75. The van der Waals surface area contributed by atoms with Gasteiger partial charge in [-0.15, -0.1) is 0 Å². The summed E-state index contributed by atoms with van der Waals surface area (Å²) in [5, 5.41) is 10.8. The van der Waals surface area contributed by atoms with Crippen molar-refractivity contribution in [2.24, 2.45) is 0 Å². The van der Waals surface area contributed by atoms with Crippen LogP contribution in [0.5, 0.6) is 0 Å². The number of pyridine rings is 1. The zero-order valence-corrected chi connectivity index (χ0v) is 11.7. The zero-order chi connectivity index (χ0) is 14.6. The molecule has 6 nitrogen and oxygen atoms in total. The molecule has 0 radical (unpaired) electrons. The predicted molar refractivity (Wildman–Crippen MR) is 79.1 cm³/mol. The molecule has 2 unspecified atom stereocenters. The van der Waals surface area contributed by atoms with E-state index in [0.717, 1.165) is 31.4 Å². The Hall–Kier alpha value is -1.95. The molecule has 2 saturated carbocycles. The number of hydrogen-bond donors (Lipinski definition) is 2. The standard InChI is InChI=1S/C15H18N4O2/c16-13-9-6-7-10(8-4-5-8)17-14(9)19(15(21)18-13)11-2-1-3-12(11)20/h6-8,11-12,20H,1-5H2,(H2,16,18,21). The van der Waals surface area contributed by atoms with E-state index in [-0.39, 0.29) is 11.9 Å². The summed E-state index contributed by atoms with van der Waals surface area (Å²) in [6.45, 7) is 0. The molecule has 0 spiro atoms. The number of aliphatic hydroxyl groups excluding tert-OH is 1. The van der Waals surface area contributed by atoms with Crippen LogP contribution in [0.4, 0.5) is 5.82 Å². The number of nitrogens with two attached hydrogens (primary N) is 1. The van der Waals surface area contributed by atoms with Crippen LogP contribution >= 0.6 is 0 Å². The second-order valence-corrected chi connectivity index (χ2v) is 6.10. The highest BCUT2D eigenvalue weighted by atomic mass is 16.3. The van der Waals surface area contributed by atoms with E-state index in [9.17, 15) is 9.90 Å². The van der Waals surface area contributed by atoms with Gasteiger partial charge in [-0.2, -0.15) is 4.98 Å². The Morgan fingerprint density at radius 1 is 1.19 bits per heavy atom. The second-order valence-electron chi connectivity index (χ2n) is 6.10. The first-order valence-corrected chi connectivity index (χ1v) is 7.52. The Morgan fingerprint density at radius 2 is 2.00 bits per heavy atom. The van der Waals surface area contributed by atoms with Gasteiger partial charge >= 0.3 is 5.69 Å². The van der Waals surface area contributed by atoms with Crippen molar-refractivity contribution in [3.63, 3.8) is 0 Å². The Bertz CT molecular complexity index is 766. The van der Waals surface area contributed by atoms with Crippen molar-refractivity contribution in [2.45, 2.75) is 50.2 Å². The third-order valence-corrected chi connectivity index (χ3v) is 4.59. The van der Waals surface area contributed by atoms with Gasteiger partial charge in [0.25, 0.3) is 0 Å². The molecule has 6 heteroatoms. The lowest BCUT2D eigenvalue weighted by atomic mass is 10.2. The maximum absolute atomic E-state index is 12.3. The third-order valence-electron chi connectivity index (χ3n) is 4.59. The molecule has 0 aliphatic heterocycles. The van der Waals surface area contributed by atoms with Gasteiger partial charge in [0.2, 0.25) is 0 Å². The first-order chi connectivity index (χ1) is 10.1. The van der Waals surface area contributed by atoms with Crippen molar-refractivity contribution < 1.29 is 5.11 Å². The second kappa shape index (κ2) is 4.53. The molecule has 2 aromatic rings. The number of hydrogen-bond acceptors (Lipinski definition) is 5. The van der Waals surface area contributed by atoms with Gasteiger partial charge in [-0.1, -0.05) is 0 Å².